The molecule has 0 aliphatic rings. The molecule has 0 fully saturated rings. The van der Waals surface area contributed by atoms with Crippen LogP contribution in [-0.2, 0) is 6.18 Å². The molecule has 1 rings (SSSR count). The first-order valence-corrected chi connectivity index (χ1v) is 5.00. The quantitative estimate of drug-likeness (QED) is 0.823. The maximum atomic E-state index is 12.5. The Morgan fingerprint density at radius 2 is 1.94 bits per heavy atom. The molecule has 2 nitrogen and oxygen atoms in total. The molecule has 1 N–H and O–H groups in total. The fourth-order valence-electron chi connectivity index (χ4n) is 1.18. The number of halogens is 4. The summed E-state index contributed by atoms with van der Waals surface area (Å²) >= 11 is 5.33. The van der Waals surface area contributed by atoms with E-state index >= 15 is 0 Å². The standard InChI is InChI=1S/C10H9ClF3NO/c11-5-6-15-9(16)7-3-1-2-4-8(7)10(12,13)14/h1-4H,5-6H2,(H,15,16). The van der Waals surface area contributed by atoms with Gasteiger partial charge in [0.05, 0.1) is 11.1 Å². The number of nitrogens with one attached hydrogen (secondary N) is 1. The van der Waals surface area contributed by atoms with Crippen molar-refractivity contribution in [3.63, 3.8) is 0 Å². The molecule has 0 saturated heterocycles. The second-order valence-corrected chi connectivity index (χ2v) is 3.37. The average Bonchev–Trinajstić information content (AvgIpc) is 2.24. The molecule has 0 aliphatic heterocycles. The first kappa shape index (κ1) is 12.8. The van der Waals surface area contributed by atoms with E-state index in [0.29, 0.717) is 0 Å². The van der Waals surface area contributed by atoms with Gasteiger partial charge in [-0.2, -0.15) is 13.2 Å². The number of benzene rings is 1. The second-order valence-electron chi connectivity index (χ2n) is 2.99. The molecule has 16 heavy (non-hydrogen) atoms. The minimum atomic E-state index is -4.53. The van der Waals surface area contributed by atoms with Crippen LogP contribution < -0.4 is 5.32 Å². The smallest absolute Gasteiger partial charge is 0.351 e. The van der Waals surface area contributed by atoms with Gasteiger partial charge < -0.3 is 5.32 Å². The Morgan fingerprint density at radius 3 is 2.50 bits per heavy atom. The van der Waals surface area contributed by atoms with Gasteiger partial charge in [0, 0.05) is 12.4 Å². The third-order valence-electron chi connectivity index (χ3n) is 1.86. The monoisotopic (exact) mass is 251 g/mol. The lowest BCUT2D eigenvalue weighted by Crippen LogP contribution is -2.27. The molecular formula is C10H9ClF3NO. The minimum absolute atomic E-state index is 0.132. The molecule has 0 unspecified atom stereocenters. The van der Waals surface area contributed by atoms with Gasteiger partial charge in [0.15, 0.2) is 0 Å². The lowest BCUT2D eigenvalue weighted by Gasteiger charge is -2.11. The number of carbonyl (C=O) groups is 1. The second kappa shape index (κ2) is 5.21. The average molecular weight is 252 g/mol. The Balaban J connectivity index is 3.00. The lowest BCUT2D eigenvalue weighted by molar-refractivity contribution is -0.137. The van der Waals surface area contributed by atoms with Crippen LogP contribution in [0.4, 0.5) is 13.2 Å². The summed E-state index contributed by atoms with van der Waals surface area (Å²) < 4.78 is 37.6. The number of amides is 1. The normalized spacial score (nSPS) is 11.2. The van der Waals surface area contributed by atoms with Gasteiger partial charge in [-0.25, -0.2) is 0 Å². The molecule has 0 atom stereocenters. The zero-order valence-corrected chi connectivity index (χ0v) is 8.90. The van der Waals surface area contributed by atoms with Gasteiger partial charge in [-0.1, -0.05) is 12.1 Å². The fourth-order valence-corrected chi connectivity index (χ4v) is 1.28. The summed E-state index contributed by atoms with van der Waals surface area (Å²) in [6.07, 6.45) is -4.53. The summed E-state index contributed by atoms with van der Waals surface area (Å²) in [5.74, 6) is -0.617. The van der Waals surface area contributed by atoms with E-state index in [4.69, 9.17) is 11.6 Å². The Hall–Kier alpha value is -1.23. The molecule has 0 bridgehead atoms. The Labute approximate surface area is 95.4 Å². The van der Waals surface area contributed by atoms with Crippen molar-refractivity contribution in [2.45, 2.75) is 6.18 Å². The van der Waals surface area contributed by atoms with Gasteiger partial charge in [0.2, 0.25) is 0 Å². The summed E-state index contributed by atoms with van der Waals surface area (Å²) in [6, 6.07) is 4.62. The number of alkyl halides is 4. The van der Waals surface area contributed by atoms with Gasteiger partial charge in [-0.15, -0.1) is 11.6 Å². The van der Waals surface area contributed by atoms with Crippen molar-refractivity contribution < 1.29 is 18.0 Å². The van der Waals surface area contributed by atoms with Crippen LogP contribution >= 0.6 is 11.6 Å². The third kappa shape index (κ3) is 3.13. The van der Waals surface area contributed by atoms with Crippen molar-refractivity contribution in [2.75, 3.05) is 12.4 Å². The Bertz CT molecular complexity index is 379. The third-order valence-corrected chi connectivity index (χ3v) is 2.05. The van der Waals surface area contributed by atoms with Crippen molar-refractivity contribution in [1.82, 2.24) is 5.32 Å². The molecule has 1 aromatic rings. The van der Waals surface area contributed by atoms with E-state index in [1.54, 1.807) is 0 Å². The molecule has 1 aromatic carbocycles. The summed E-state index contributed by atoms with van der Waals surface area (Å²) in [5, 5.41) is 2.29. The number of hydrogen-bond acceptors (Lipinski definition) is 1. The zero-order valence-electron chi connectivity index (χ0n) is 8.14. The highest BCUT2D eigenvalue weighted by atomic mass is 35.5. The van der Waals surface area contributed by atoms with E-state index < -0.39 is 17.6 Å². The van der Waals surface area contributed by atoms with Crippen LogP contribution in [0.15, 0.2) is 24.3 Å². The van der Waals surface area contributed by atoms with Crippen LogP contribution in [0.3, 0.4) is 0 Å². The van der Waals surface area contributed by atoms with Crippen LogP contribution in [0.5, 0.6) is 0 Å². The fraction of sp³-hybridized carbons (Fsp3) is 0.300. The van der Waals surface area contributed by atoms with Crippen molar-refractivity contribution >= 4 is 17.5 Å². The maximum absolute atomic E-state index is 12.5. The predicted molar refractivity (Wildman–Crippen MR) is 54.5 cm³/mol. The lowest BCUT2D eigenvalue weighted by atomic mass is 10.1. The van der Waals surface area contributed by atoms with Crippen molar-refractivity contribution in [2.24, 2.45) is 0 Å². The van der Waals surface area contributed by atoms with Crippen LogP contribution in [0.2, 0.25) is 0 Å². The highest BCUT2D eigenvalue weighted by molar-refractivity contribution is 6.18. The highest BCUT2D eigenvalue weighted by Crippen LogP contribution is 2.31. The topological polar surface area (TPSA) is 29.1 Å². The van der Waals surface area contributed by atoms with Crippen LogP contribution in [0.1, 0.15) is 15.9 Å². The summed E-state index contributed by atoms with van der Waals surface area (Å²) in [5.41, 5.74) is -1.33. The van der Waals surface area contributed by atoms with Gasteiger partial charge in [-0.05, 0) is 12.1 Å². The molecule has 0 saturated carbocycles. The molecule has 1 amide bonds. The van der Waals surface area contributed by atoms with Crippen LogP contribution in [0, 0.1) is 0 Å². The van der Waals surface area contributed by atoms with Crippen molar-refractivity contribution in [1.29, 1.82) is 0 Å². The molecule has 0 radical (unpaired) electrons. The SMILES string of the molecule is O=C(NCCCl)c1ccccc1C(F)(F)F. The number of carbonyl (C=O) groups excluding carboxylic acids is 1. The Morgan fingerprint density at radius 1 is 1.31 bits per heavy atom. The van der Waals surface area contributed by atoms with Gasteiger partial charge in [0.25, 0.3) is 5.91 Å². The maximum Gasteiger partial charge on any atom is 0.417 e. The molecular weight excluding hydrogens is 243 g/mol. The van der Waals surface area contributed by atoms with E-state index in [1.807, 2.05) is 0 Å². The van der Waals surface area contributed by atoms with Gasteiger partial charge >= 0.3 is 6.18 Å². The summed E-state index contributed by atoms with van der Waals surface area (Å²) in [6.45, 7) is 0.132. The highest BCUT2D eigenvalue weighted by Gasteiger charge is 2.34. The molecule has 6 heteroatoms. The zero-order chi connectivity index (χ0) is 12.2. The van der Waals surface area contributed by atoms with Crippen molar-refractivity contribution in [3.05, 3.63) is 35.4 Å². The largest absolute Gasteiger partial charge is 0.417 e. The minimum Gasteiger partial charge on any atom is -0.351 e. The first-order valence-electron chi connectivity index (χ1n) is 4.47. The molecule has 0 aromatic heterocycles. The predicted octanol–water partition coefficient (Wildman–Crippen LogP) is 2.67. The van der Waals surface area contributed by atoms with Crippen LogP contribution in [0.25, 0.3) is 0 Å². The molecule has 0 aliphatic carbocycles. The van der Waals surface area contributed by atoms with Crippen molar-refractivity contribution in [3.8, 4) is 0 Å². The Kier molecular flexibility index (Phi) is 4.18. The van der Waals surface area contributed by atoms with E-state index in [1.165, 1.54) is 12.1 Å². The van der Waals surface area contributed by atoms with Gasteiger partial charge in [-0.3, -0.25) is 4.79 Å². The number of rotatable bonds is 3. The molecule has 88 valence electrons. The van der Waals surface area contributed by atoms with E-state index in [9.17, 15) is 18.0 Å². The van der Waals surface area contributed by atoms with Gasteiger partial charge in [0.1, 0.15) is 0 Å². The first-order chi connectivity index (χ1) is 7.46. The molecule has 0 heterocycles. The summed E-state index contributed by atoms with van der Waals surface area (Å²) in [4.78, 5) is 11.4. The van der Waals surface area contributed by atoms with E-state index in [2.05, 4.69) is 5.32 Å². The number of hydrogen-bond donors (Lipinski definition) is 1. The van der Waals surface area contributed by atoms with E-state index in [0.717, 1.165) is 12.1 Å². The molecule has 0 spiro atoms. The summed E-state index contributed by atoms with van der Waals surface area (Å²) in [7, 11) is 0. The van der Waals surface area contributed by atoms with Crippen LogP contribution in [-0.4, -0.2) is 18.3 Å². The van der Waals surface area contributed by atoms with E-state index in [-0.39, 0.29) is 18.0 Å².